The maximum atomic E-state index is 6.06. The minimum absolute atomic E-state index is 0.646. The molecule has 0 atom stereocenters. The number of benzene rings is 2. The summed E-state index contributed by atoms with van der Waals surface area (Å²) in [6.45, 7) is 7.12. The van der Waals surface area contributed by atoms with Crippen molar-refractivity contribution in [1.29, 1.82) is 0 Å². The highest BCUT2D eigenvalue weighted by molar-refractivity contribution is 7.98. The zero-order valence-electron chi connectivity index (χ0n) is 14.6. The molecule has 6 heteroatoms. The lowest BCUT2D eigenvalue weighted by atomic mass is 10.2. The van der Waals surface area contributed by atoms with Crippen molar-refractivity contribution in [1.82, 2.24) is 14.8 Å². The second-order valence-corrected chi connectivity index (χ2v) is 6.96. The van der Waals surface area contributed by atoms with E-state index in [1.807, 2.05) is 55.5 Å². The third kappa shape index (κ3) is 4.48. The van der Waals surface area contributed by atoms with Crippen molar-refractivity contribution in [2.45, 2.75) is 24.4 Å². The van der Waals surface area contributed by atoms with Gasteiger partial charge in [-0.3, -0.25) is 4.57 Å². The lowest BCUT2D eigenvalue weighted by molar-refractivity contribution is 0.340. The molecule has 0 aliphatic rings. The smallest absolute Gasteiger partial charge is 0.192 e. The first-order chi connectivity index (χ1) is 12.7. The fourth-order valence-electron chi connectivity index (χ4n) is 2.54. The van der Waals surface area contributed by atoms with Crippen LogP contribution in [-0.2, 0) is 12.3 Å². The van der Waals surface area contributed by atoms with Crippen LogP contribution in [0.2, 0.25) is 5.02 Å². The lowest BCUT2D eigenvalue weighted by Crippen LogP contribution is -2.01. The number of rotatable bonds is 8. The van der Waals surface area contributed by atoms with Crippen LogP contribution in [0, 0.1) is 0 Å². The van der Waals surface area contributed by atoms with Crippen molar-refractivity contribution in [2.24, 2.45) is 0 Å². The highest BCUT2D eigenvalue weighted by Crippen LogP contribution is 2.28. The molecule has 0 fully saturated rings. The van der Waals surface area contributed by atoms with Crippen LogP contribution in [0.15, 0.2) is 66.3 Å². The van der Waals surface area contributed by atoms with Gasteiger partial charge in [0.15, 0.2) is 11.0 Å². The summed E-state index contributed by atoms with van der Waals surface area (Å²) in [5.74, 6) is 2.45. The third-order valence-electron chi connectivity index (χ3n) is 3.71. The summed E-state index contributed by atoms with van der Waals surface area (Å²) in [7, 11) is 0. The number of allylic oxidation sites excluding steroid dienone is 1. The van der Waals surface area contributed by atoms with Gasteiger partial charge < -0.3 is 4.74 Å². The summed E-state index contributed by atoms with van der Waals surface area (Å²) in [5.41, 5.74) is 2.15. The quantitative estimate of drug-likeness (QED) is 0.380. The number of halogens is 1. The molecule has 0 bridgehead atoms. The Bertz CT molecular complexity index is 877. The van der Waals surface area contributed by atoms with Gasteiger partial charge in [-0.05, 0) is 48.9 Å². The van der Waals surface area contributed by atoms with Crippen LogP contribution in [0.5, 0.6) is 5.75 Å². The molecule has 0 aliphatic carbocycles. The highest BCUT2D eigenvalue weighted by atomic mass is 35.5. The molecule has 0 amide bonds. The van der Waals surface area contributed by atoms with E-state index in [1.54, 1.807) is 11.8 Å². The average molecular weight is 386 g/mol. The minimum Gasteiger partial charge on any atom is -0.494 e. The van der Waals surface area contributed by atoms with E-state index in [2.05, 4.69) is 27.4 Å². The number of hydrogen-bond acceptors (Lipinski definition) is 4. The molecule has 1 heterocycles. The first-order valence-electron chi connectivity index (χ1n) is 8.36. The molecule has 0 spiro atoms. The van der Waals surface area contributed by atoms with Crippen molar-refractivity contribution < 1.29 is 4.74 Å². The van der Waals surface area contributed by atoms with Crippen LogP contribution in [-0.4, -0.2) is 21.4 Å². The topological polar surface area (TPSA) is 39.9 Å². The Labute approximate surface area is 162 Å². The summed E-state index contributed by atoms with van der Waals surface area (Å²) >= 11 is 7.69. The zero-order chi connectivity index (χ0) is 18.4. The van der Waals surface area contributed by atoms with Gasteiger partial charge in [0.25, 0.3) is 0 Å². The minimum atomic E-state index is 0.646. The lowest BCUT2D eigenvalue weighted by Gasteiger charge is -2.09. The average Bonchev–Trinajstić information content (AvgIpc) is 3.04. The molecule has 134 valence electrons. The molecule has 3 rings (SSSR count). The van der Waals surface area contributed by atoms with Crippen LogP contribution >= 0.6 is 23.4 Å². The van der Waals surface area contributed by atoms with Crippen LogP contribution in [0.3, 0.4) is 0 Å². The number of thioether (sulfide) groups is 1. The number of aromatic nitrogens is 3. The number of nitrogens with zero attached hydrogens (tertiary/aromatic N) is 3. The van der Waals surface area contributed by atoms with Crippen molar-refractivity contribution in [3.63, 3.8) is 0 Å². The molecule has 0 N–H and O–H groups in total. The summed E-state index contributed by atoms with van der Waals surface area (Å²) < 4.78 is 7.57. The highest BCUT2D eigenvalue weighted by Gasteiger charge is 2.14. The zero-order valence-corrected chi connectivity index (χ0v) is 16.1. The van der Waals surface area contributed by atoms with E-state index in [9.17, 15) is 0 Å². The summed E-state index contributed by atoms with van der Waals surface area (Å²) in [6.07, 6.45) is 1.85. The molecular formula is C20H20ClN3OS. The van der Waals surface area contributed by atoms with Crippen LogP contribution in [0.4, 0.5) is 0 Å². The summed E-state index contributed by atoms with van der Waals surface area (Å²) in [5, 5.41) is 10.4. The van der Waals surface area contributed by atoms with Gasteiger partial charge in [0.1, 0.15) is 5.75 Å². The molecule has 1 aromatic heterocycles. The van der Waals surface area contributed by atoms with Crippen LogP contribution in [0.1, 0.15) is 12.5 Å². The largest absolute Gasteiger partial charge is 0.494 e. The van der Waals surface area contributed by atoms with Gasteiger partial charge in [-0.15, -0.1) is 16.8 Å². The molecule has 0 saturated heterocycles. The standard InChI is InChI=1S/C20H20ClN3OS/c1-3-12-24-19(16-8-10-18(11-9-16)25-4-2)22-23-20(24)26-14-15-6-5-7-17(21)13-15/h3,5-11,13H,1,4,12,14H2,2H3. The molecule has 26 heavy (non-hydrogen) atoms. The first-order valence-corrected chi connectivity index (χ1v) is 9.72. The Kier molecular flexibility index (Phi) is 6.36. The Morgan fingerprint density at radius 1 is 1.19 bits per heavy atom. The van der Waals surface area contributed by atoms with Gasteiger partial charge in [-0.25, -0.2) is 0 Å². The molecule has 4 nitrogen and oxygen atoms in total. The molecule has 0 aliphatic heterocycles. The molecule has 0 saturated carbocycles. The predicted molar refractivity (Wildman–Crippen MR) is 108 cm³/mol. The Morgan fingerprint density at radius 2 is 2.00 bits per heavy atom. The second-order valence-electron chi connectivity index (χ2n) is 5.58. The van der Waals surface area contributed by atoms with E-state index in [-0.39, 0.29) is 0 Å². The van der Waals surface area contributed by atoms with Crippen LogP contribution in [0.25, 0.3) is 11.4 Å². The van der Waals surface area contributed by atoms with E-state index in [1.165, 1.54) is 0 Å². The van der Waals surface area contributed by atoms with Crippen molar-refractivity contribution in [2.75, 3.05) is 6.61 Å². The van der Waals surface area contributed by atoms with Crippen molar-refractivity contribution in [3.05, 3.63) is 71.8 Å². The van der Waals surface area contributed by atoms with E-state index >= 15 is 0 Å². The van der Waals surface area contributed by atoms with E-state index in [0.29, 0.717) is 13.2 Å². The van der Waals surface area contributed by atoms with Gasteiger partial charge in [-0.2, -0.15) is 0 Å². The van der Waals surface area contributed by atoms with Gasteiger partial charge in [0.05, 0.1) is 6.61 Å². The molecule has 2 aromatic carbocycles. The SMILES string of the molecule is C=CCn1c(SCc2cccc(Cl)c2)nnc1-c1ccc(OCC)cc1. The first kappa shape index (κ1) is 18.5. The van der Waals surface area contributed by atoms with Gasteiger partial charge in [-0.1, -0.05) is 41.6 Å². The van der Waals surface area contributed by atoms with Gasteiger partial charge >= 0.3 is 0 Å². The monoisotopic (exact) mass is 385 g/mol. The molecule has 0 radical (unpaired) electrons. The normalized spacial score (nSPS) is 10.7. The third-order valence-corrected chi connectivity index (χ3v) is 4.98. The van der Waals surface area contributed by atoms with E-state index < -0.39 is 0 Å². The number of hydrogen-bond donors (Lipinski definition) is 0. The maximum absolute atomic E-state index is 6.06. The predicted octanol–water partition coefficient (Wildman–Crippen LogP) is 5.48. The van der Waals surface area contributed by atoms with E-state index in [4.69, 9.17) is 16.3 Å². The van der Waals surface area contributed by atoms with Crippen molar-refractivity contribution in [3.8, 4) is 17.1 Å². The van der Waals surface area contributed by atoms with Crippen LogP contribution < -0.4 is 4.74 Å². The Morgan fingerprint density at radius 3 is 2.69 bits per heavy atom. The molecule has 0 unspecified atom stereocenters. The van der Waals surface area contributed by atoms with E-state index in [0.717, 1.165) is 38.6 Å². The molecule has 3 aromatic rings. The maximum Gasteiger partial charge on any atom is 0.192 e. The second kappa shape index (κ2) is 8.92. The molecular weight excluding hydrogens is 366 g/mol. The summed E-state index contributed by atoms with van der Waals surface area (Å²) in [4.78, 5) is 0. The fraction of sp³-hybridized carbons (Fsp3) is 0.200. The Hall–Kier alpha value is -2.24. The fourth-order valence-corrected chi connectivity index (χ4v) is 3.65. The Balaban J connectivity index is 1.82. The van der Waals surface area contributed by atoms with Gasteiger partial charge in [0.2, 0.25) is 0 Å². The van der Waals surface area contributed by atoms with Gasteiger partial charge in [0, 0.05) is 22.9 Å². The number of ether oxygens (including phenoxy) is 1. The summed E-state index contributed by atoms with van der Waals surface area (Å²) in [6, 6.07) is 15.8. The van der Waals surface area contributed by atoms with Crippen molar-refractivity contribution >= 4 is 23.4 Å².